The van der Waals surface area contributed by atoms with E-state index in [4.69, 9.17) is 0 Å². The highest BCUT2D eigenvalue weighted by Gasteiger charge is 2.24. The standard InChI is InChI=1S/C15H27N3O2/c1-2-16-10-7-14(19)18(12-11-16)13-15(20)17-8-5-3-4-6-9-17/h2-13H2,1H3. The SMILES string of the molecule is CCN1CCC(=O)N(CC(=O)N2CCCCCC2)CC1. The first-order chi connectivity index (χ1) is 9.70. The fourth-order valence-electron chi connectivity index (χ4n) is 2.98. The van der Waals surface area contributed by atoms with Crippen molar-refractivity contribution in [1.82, 2.24) is 14.7 Å². The number of nitrogens with zero attached hydrogens (tertiary/aromatic N) is 3. The Balaban J connectivity index is 1.87. The van der Waals surface area contributed by atoms with E-state index < -0.39 is 0 Å². The highest BCUT2D eigenvalue weighted by Crippen LogP contribution is 2.11. The quantitative estimate of drug-likeness (QED) is 0.773. The van der Waals surface area contributed by atoms with E-state index in [1.807, 2.05) is 4.90 Å². The average Bonchev–Trinajstić information content (AvgIpc) is 2.81. The molecule has 2 aliphatic heterocycles. The lowest BCUT2D eigenvalue weighted by atomic mass is 10.2. The summed E-state index contributed by atoms with van der Waals surface area (Å²) in [7, 11) is 0. The Bertz CT molecular complexity index is 338. The average molecular weight is 281 g/mol. The Labute approximate surface area is 121 Å². The number of rotatable bonds is 3. The molecule has 5 nitrogen and oxygen atoms in total. The third kappa shape index (κ3) is 4.20. The zero-order chi connectivity index (χ0) is 14.4. The largest absolute Gasteiger partial charge is 0.341 e. The zero-order valence-corrected chi connectivity index (χ0v) is 12.6. The number of likely N-dealkylation sites (N-methyl/N-ethyl adjacent to an activating group) is 1. The molecule has 0 aromatic heterocycles. The van der Waals surface area contributed by atoms with Gasteiger partial charge in [0.1, 0.15) is 0 Å². The second-order valence-electron chi connectivity index (χ2n) is 5.79. The van der Waals surface area contributed by atoms with Crippen molar-refractivity contribution < 1.29 is 9.59 Å². The van der Waals surface area contributed by atoms with Gasteiger partial charge in [-0.25, -0.2) is 0 Å². The van der Waals surface area contributed by atoms with Gasteiger partial charge in [0, 0.05) is 39.1 Å². The molecule has 0 aliphatic carbocycles. The van der Waals surface area contributed by atoms with Crippen LogP contribution in [-0.2, 0) is 9.59 Å². The molecule has 20 heavy (non-hydrogen) atoms. The van der Waals surface area contributed by atoms with E-state index in [0.717, 1.165) is 45.6 Å². The predicted molar refractivity (Wildman–Crippen MR) is 78.4 cm³/mol. The summed E-state index contributed by atoms with van der Waals surface area (Å²) in [5, 5.41) is 0. The predicted octanol–water partition coefficient (Wildman–Crippen LogP) is 0.943. The van der Waals surface area contributed by atoms with Crippen molar-refractivity contribution in [1.29, 1.82) is 0 Å². The summed E-state index contributed by atoms with van der Waals surface area (Å²) >= 11 is 0. The molecule has 0 saturated carbocycles. The van der Waals surface area contributed by atoms with E-state index >= 15 is 0 Å². The van der Waals surface area contributed by atoms with Crippen molar-refractivity contribution in [2.45, 2.75) is 39.0 Å². The van der Waals surface area contributed by atoms with Crippen LogP contribution in [0.15, 0.2) is 0 Å². The Kier molecular flexibility index (Phi) is 5.83. The van der Waals surface area contributed by atoms with Crippen LogP contribution in [0.3, 0.4) is 0 Å². The minimum absolute atomic E-state index is 0.129. The first-order valence-corrected chi connectivity index (χ1v) is 7.98. The second-order valence-corrected chi connectivity index (χ2v) is 5.79. The van der Waals surface area contributed by atoms with E-state index in [0.29, 0.717) is 13.0 Å². The Morgan fingerprint density at radius 1 is 1.00 bits per heavy atom. The van der Waals surface area contributed by atoms with Gasteiger partial charge in [-0.1, -0.05) is 19.8 Å². The number of hydrogen-bond acceptors (Lipinski definition) is 3. The van der Waals surface area contributed by atoms with Gasteiger partial charge in [0.25, 0.3) is 0 Å². The normalized spacial score (nSPS) is 22.6. The van der Waals surface area contributed by atoms with Crippen molar-refractivity contribution in [3.05, 3.63) is 0 Å². The Morgan fingerprint density at radius 3 is 2.35 bits per heavy atom. The lowest BCUT2D eigenvalue weighted by Crippen LogP contribution is -2.44. The molecule has 114 valence electrons. The molecule has 2 rings (SSSR count). The molecule has 2 fully saturated rings. The molecule has 5 heteroatoms. The van der Waals surface area contributed by atoms with Crippen LogP contribution in [0.4, 0.5) is 0 Å². The maximum absolute atomic E-state index is 12.3. The van der Waals surface area contributed by atoms with Crippen LogP contribution in [0.2, 0.25) is 0 Å². The molecular weight excluding hydrogens is 254 g/mol. The summed E-state index contributed by atoms with van der Waals surface area (Å²) in [5.74, 6) is 0.259. The summed E-state index contributed by atoms with van der Waals surface area (Å²) in [6, 6.07) is 0. The van der Waals surface area contributed by atoms with Gasteiger partial charge in [-0.3, -0.25) is 9.59 Å². The fourth-order valence-corrected chi connectivity index (χ4v) is 2.98. The van der Waals surface area contributed by atoms with Gasteiger partial charge < -0.3 is 14.7 Å². The minimum atomic E-state index is 0.129. The lowest BCUT2D eigenvalue weighted by molar-refractivity contribution is -0.140. The summed E-state index contributed by atoms with van der Waals surface area (Å²) in [6.45, 7) is 7.48. The van der Waals surface area contributed by atoms with Gasteiger partial charge in [0.2, 0.25) is 11.8 Å². The molecular formula is C15H27N3O2. The Morgan fingerprint density at radius 2 is 1.70 bits per heavy atom. The first kappa shape index (κ1) is 15.3. The molecule has 0 aromatic carbocycles. The van der Waals surface area contributed by atoms with E-state index in [1.165, 1.54) is 12.8 Å². The first-order valence-electron chi connectivity index (χ1n) is 7.98. The molecule has 0 atom stereocenters. The lowest BCUT2D eigenvalue weighted by Gasteiger charge is -2.26. The van der Waals surface area contributed by atoms with E-state index in [-0.39, 0.29) is 18.4 Å². The van der Waals surface area contributed by atoms with Gasteiger partial charge >= 0.3 is 0 Å². The van der Waals surface area contributed by atoms with Crippen molar-refractivity contribution in [3.8, 4) is 0 Å². The molecule has 2 saturated heterocycles. The number of carbonyl (C=O) groups is 2. The highest BCUT2D eigenvalue weighted by atomic mass is 16.2. The molecule has 0 bridgehead atoms. The van der Waals surface area contributed by atoms with Gasteiger partial charge in [-0.15, -0.1) is 0 Å². The van der Waals surface area contributed by atoms with Crippen molar-refractivity contribution >= 4 is 11.8 Å². The highest BCUT2D eigenvalue weighted by molar-refractivity contribution is 5.85. The summed E-state index contributed by atoms with van der Waals surface area (Å²) < 4.78 is 0. The van der Waals surface area contributed by atoms with Crippen LogP contribution >= 0.6 is 0 Å². The van der Waals surface area contributed by atoms with Gasteiger partial charge in [0.15, 0.2) is 0 Å². The van der Waals surface area contributed by atoms with E-state index in [9.17, 15) is 9.59 Å². The molecule has 0 unspecified atom stereocenters. The molecule has 0 N–H and O–H groups in total. The zero-order valence-electron chi connectivity index (χ0n) is 12.6. The monoisotopic (exact) mass is 281 g/mol. The third-order valence-corrected chi connectivity index (χ3v) is 4.41. The summed E-state index contributed by atoms with van der Waals surface area (Å²) in [5.41, 5.74) is 0. The second kappa shape index (κ2) is 7.62. The number of hydrogen-bond donors (Lipinski definition) is 0. The van der Waals surface area contributed by atoms with Crippen molar-refractivity contribution in [3.63, 3.8) is 0 Å². The van der Waals surface area contributed by atoms with Gasteiger partial charge in [0.05, 0.1) is 6.54 Å². The van der Waals surface area contributed by atoms with E-state index in [2.05, 4.69) is 11.8 Å². The molecule has 0 aromatic rings. The van der Waals surface area contributed by atoms with Crippen LogP contribution in [0.1, 0.15) is 39.0 Å². The molecule has 0 spiro atoms. The topological polar surface area (TPSA) is 43.9 Å². The van der Waals surface area contributed by atoms with Gasteiger partial charge in [-0.2, -0.15) is 0 Å². The molecule has 2 aliphatic rings. The van der Waals surface area contributed by atoms with Crippen molar-refractivity contribution in [2.75, 3.05) is 45.8 Å². The molecule has 2 amide bonds. The minimum Gasteiger partial charge on any atom is -0.341 e. The summed E-state index contributed by atoms with van der Waals surface area (Å²) in [6.07, 6.45) is 5.18. The maximum Gasteiger partial charge on any atom is 0.242 e. The number of amides is 2. The third-order valence-electron chi connectivity index (χ3n) is 4.41. The van der Waals surface area contributed by atoms with Crippen LogP contribution in [0.25, 0.3) is 0 Å². The fraction of sp³-hybridized carbons (Fsp3) is 0.867. The molecule has 2 heterocycles. The van der Waals surface area contributed by atoms with Crippen molar-refractivity contribution in [2.24, 2.45) is 0 Å². The Hall–Kier alpha value is -1.10. The van der Waals surface area contributed by atoms with Crippen LogP contribution in [-0.4, -0.2) is 72.3 Å². The van der Waals surface area contributed by atoms with E-state index in [1.54, 1.807) is 4.90 Å². The van der Waals surface area contributed by atoms with Gasteiger partial charge in [-0.05, 0) is 19.4 Å². The summed E-state index contributed by atoms with van der Waals surface area (Å²) in [4.78, 5) is 30.4. The molecule has 0 radical (unpaired) electrons. The number of carbonyl (C=O) groups excluding carboxylic acids is 2. The van der Waals surface area contributed by atoms with Crippen LogP contribution in [0.5, 0.6) is 0 Å². The van der Waals surface area contributed by atoms with Crippen LogP contribution in [0, 0.1) is 0 Å². The number of likely N-dealkylation sites (tertiary alicyclic amines) is 1. The smallest absolute Gasteiger partial charge is 0.242 e. The van der Waals surface area contributed by atoms with Crippen LogP contribution < -0.4 is 0 Å². The maximum atomic E-state index is 12.3.